The quantitative estimate of drug-likeness (QED) is 0.604. The number of nitrogens with one attached hydrogen (secondary N) is 2. The molecule has 4 rings (SSSR count). The van der Waals surface area contributed by atoms with Gasteiger partial charge in [-0.3, -0.25) is 9.59 Å². The van der Waals surface area contributed by atoms with Crippen molar-refractivity contribution in [2.75, 3.05) is 0 Å². The molecule has 1 aliphatic rings. The van der Waals surface area contributed by atoms with E-state index < -0.39 is 12.1 Å². The highest BCUT2D eigenvalue weighted by Crippen LogP contribution is 2.26. The fraction of sp³-hybridized carbons (Fsp3) is 0.0870. The number of nitrogens with zero attached hydrogens (tertiary/aromatic N) is 1. The maximum atomic E-state index is 12.8. The second kappa shape index (κ2) is 8.69. The summed E-state index contributed by atoms with van der Waals surface area (Å²) in [6.07, 6.45) is 1.74. The second-order valence-electron chi connectivity index (χ2n) is 6.85. The topological polar surface area (TPSA) is 61.2 Å². The standard InChI is InChI=1S/C23H17Cl2N3O2/c24-18-12-11-17(19(25)13-18)14-28-21(15-7-3-1-4-8-15)20(23(30)27-28)26-22(29)16-9-5-2-6-10-16/h1-14,20-21H,(H-,26,27,29,30)/p+1/b28-14-/t20-,21-/m1/s1. The Morgan fingerprint density at radius 3 is 2.30 bits per heavy atom. The lowest BCUT2D eigenvalue weighted by Gasteiger charge is -2.14. The number of hydrazine groups is 1. The summed E-state index contributed by atoms with van der Waals surface area (Å²) in [6.45, 7) is 0. The van der Waals surface area contributed by atoms with E-state index in [0.717, 1.165) is 5.56 Å². The van der Waals surface area contributed by atoms with Gasteiger partial charge in [-0.1, -0.05) is 71.7 Å². The van der Waals surface area contributed by atoms with Gasteiger partial charge in [-0.15, -0.1) is 10.1 Å². The largest absolute Gasteiger partial charge is 0.334 e. The van der Waals surface area contributed by atoms with Crippen LogP contribution in [0.3, 0.4) is 0 Å². The molecule has 30 heavy (non-hydrogen) atoms. The zero-order valence-corrected chi connectivity index (χ0v) is 17.3. The Hall–Kier alpha value is -3.15. The van der Waals surface area contributed by atoms with Gasteiger partial charge in [-0.2, -0.15) is 0 Å². The molecule has 0 spiro atoms. The summed E-state index contributed by atoms with van der Waals surface area (Å²) in [5, 5.41) is 3.85. The molecule has 1 saturated heterocycles. The summed E-state index contributed by atoms with van der Waals surface area (Å²) in [5.41, 5.74) is 4.88. The number of rotatable bonds is 4. The maximum absolute atomic E-state index is 12.8. The molecule has 150 valence electrons. The molecule has 0 aliphatic carbocycles. The maximum Gasteiger partial charge on any atom is 0.304 e. The second-order valence-corrected chi connectivity index (χ2v) is 7.69. The third-order valence-corrected chi connectivity index (χ3v) is 5.40. The van der Waals surface area contributed by atoms with Gasteiger partial charge in [0.2, 0.25) is 12.3 Å². The Morgan fingerprint density at radius 2 is 1.63 bits per heavy atom. The number of carbonyl (C=O) groups is 2. The molecule has 7 heteroatoms. The van der Waals surface area contributed by atoms with Crippen LogP contribution in [0.15, 0.2) is 78.9 Å². The van der Waals surface area contributed by atoms with Gasteiger partial charge in [-0.05, 0) is 30.3 Å². The molecule has 1 aliphatic heterocycles. The smallest absolute Gasteiger partial charge is 0.304 e. The van der Waals surface area contributed by atoms with E-state index in [9.17, 15) is 9.59 Å². The fourth-order valence-corrected chi connectivity index (χ4v) is 3.86. The van der Waals surface area contributed by atoms with Crippen LogP contribution in [0.4, 0.5) is 0 Å². The summed E-state index contributed by atoms with van der Waals surface area (Å²) < 4.78 is 1.67. The van der Waals surface area contributed by atoms with E-state index >= 15 is 0 Å². The van der Waals surface area contributed by atoms with E-state index in [-0.39, 0.29) is 11.8 Å². The minimum Gasteiger partial charge on any atom is -0.334 e. The Balaban J connectivity index is 1.72. The van der Waals surface area contributed by atoms with Gasteiger partial charge in [0, 0.05) is 16.1 Å². The first kappa shape index (κ1) is 20.1. The van der Waals surface area contributed by atoms with Crippen molar-refractivity contribution >= 4 is 41.2 Å². The Bertz CT molecular complexity index is 1120. The lowest BCUT2D eigenvalue weighted by Crippen LogP contribution is -2.42. The Morgan fingerprint density at radius 1 is 0.967 bits per heavy atom. The van der Waals surface area contributed by atoms with Crippen LogP contribution in [0.2, 0.25) is 10.0 Å². The number of halogens is 2. The van der Waals surface area contributed by atoms with Crippen molar-refractivity contribution in [2.24, 2.45) is 0 Å². The van der Waals surface area contributed by atoms with Gasteiger partial charge < -0.3 is 5.32 Å². The van der Waals surface area contributed by atoms with E-state index in [0.29, 0.717) is 21.2 Å². The van der Waals surface area contributed by atoms with Crippen LogP contribution >= 0.6 is 23.2 Å². The zero-order chi connectivity index (χ0) is 21.1. The molecule has 3 aromatic rings. The number of hydrogen-bond acceptors (Lipinski definition) is 2. The van der Waals surface area contributed by atoms with Gasteiger partial charge in [-0.25, -0.2) is 0 Å². The summed E-state index contributed by atoms with van der Waals surface area (Å²) in [5.74, 6) is -0.627. The van der Waals surface area contributed by atoms with Crippen molar-refractivity contribution in [1.29, 1.82) is 0 Å². The van der Waals surface area contributed by atoms with Gasteiger partial charge >= 0.3 is 5.91 Å². The van der Waals surface area contributed by atoms with E-state index in [2.05, 4.69) is 10.7 Å². The average molecular weight is 439 g/mol. The van der Waals surface area contributed by atoms with Crippen LogP contribution in [0.1, 0.15) is 27.5 Å². The minimum atomic E-state index is -0.789. The van der Waals surface area contributed by atoms with Crippen molar-refractivity contribution in [1.82, 2.24) is 10.7 Å². The number of carbonyl (C=O) groups excluding carboxylic acids is 2. The molecule has 1 heterocycles. The van der Waals surface area contributed by atoms with E-state index in [1.54, 1.807) is 53.4 Å². The first-order valence-electron chi connectivity index (χ1n) is 9.32. The van der Waals surface area contributed by atoms with Crippen molar-refractivity contribution in [3.8, 4) is 0 Å². The molecule has 2 atom stereocenters. The van der Waals surface area contributed by atoms with E-state index in [1.807, 2.05) is 36.4 Å². The molecule has 3 aromatic carbocycles. The summed E-state index contributed by atoms with van der Waals surface area (Å²) in [7, 11) is 0. The highest BCUT2D eigenvalue weighted by atomic mass is 35.5. The molecule has 0 saturated carbocycles. The van der Waals surface area contributed by atoms with Crippen molar-refractivity contribution in [2.45, 2.75) is 12.1 Å². The molecular weight excluding hydrogens is 421 g/mol. The van der Waals surface area contributed by atoms with E-state index in [4.69, 9.17) is 23.2 Å². The monoisotopic (exact) mass is 438 g/mol. The number of benzene rings is 3. The highest BCUT2D eigenvalue weighted by Gasteiger charge is 2.47. The first-order chi connectivity index (χ1) is 14.5. The molecule has 5 nitrogen and oxygen atoms in total. The van der Waals surface area contributed by atoms with Crippen LogP contribution in [0.25, 0.3) is 0 Å². The third kappa shape index (κ3) is 4.22. The average Bonchev–Trinajstić information content (AvgIpc) is 3.06. The number of amides is 2. The van der Waals surface area contributed by atoms with Crippen LogP contribution in [-0.4, -0.2) is 28.8 Å². The van der Waals surface area contributed by atoms with Gasteiger partial charge in [0.1, 0.15) is 0 Å². The Labute approximate surface area is 183 Å². The molecular formula is C23H18Cl2N3O2+. The zero-order valence-electron chi connectivity index (χ0n) is 15.8. The molecule has 0 unspecified atom stereocenters. The van der Waals surface area contributed by atoms with Gasteiger partial charge in [0.05, 0.1) is 10.6 Å². The minimum absolute atomic E-state index is 0.311. The SMILES string of the molecule is O=C(N[C@H]1C(=O)N/[N+](=C\c2ccc(Cl)cc2Cl)[C@@H]1c1ccccc1)c1ccccc1. The molecule has 2 amide bonds. The predicted octanol–water partition coefficient (Wildman–Crippen LogP) is 4.01. The third-order valence-electron chi connectivity index (χ3n) is 4.84. The predicted molar refractivity (Wildman–Crippen MR) is 117 cm³/mol. The molecule has 0 bridgehead atoms. The van der Waals surface area contributed by atoms with Gasteiger partial charge in [0.15, 0.2) is 6.04 Å². The molecule has 0 aromatic heterocycles. The van der Waals surface area contributed by atoms with Crippen molar-refractivity contribution < 1.29 is 14.3 Å². The lowest BCUT2D eigenvalue weighted by atomic mass is 10.00. The lowest BCUT2D eigenvalue weighted by molar-refractivity contribution is -0.596. The van der Waals surface area contributed by atoms with Crippen LogP contribution in [0.5, 0.6) is 0 Å². The van der Waals surface area contributed by atoms with Crippen LogP contribution in [0, 0.1) is 0 Å². The van der Waals surface area contributed by atoms with Crippen LogP contribution < -0.4 is 10.7 Å². The summed E-state index contributed by atoms with van der Waals surface area (Å²) in [6, 6.07) is 22.2. The molecule has 0 radical (unpaired) electrons. The first-order valence-corrected chi connectivity index (χ1v) is 10.1. The number of hydrazone groups is 1. The molecule has 1 fully saturated rings. The highest BCUT2D eigenvalue weighted by molar-refractivity contribution is 6.36. The fourth-order valence-electron chi connectivity index (χ4n) is 3.40. The molecule has 2 N–H and O–H groups in total. The normalized spacial score (nSPS) is 19.5. The summed E-state index contributed by atoms with van der Waals surface area (Å²) in [4.78, 5) is 25.5. The van der Waals surface area contributed by atoms with Crippen molar-refractivity contribution in [3.05, 3.63) is 106 Å². The Kier molecular flexibility index (Phi) is 5.84. The summed E-state index contributed by atoms with van der Waals surface area (Å²) >= 11 is 12.3. The van der Waals surface area contributed by atoms with Crippen LogP contribution in [-0.2, 0) is 4.79 Å². The van der Waals surface area contributed by atoms with Crippen molar-refractivity contribution in [3.63, 3.8) is 0 Å². The van der Waals surface area contributed by atoms with Gasteiger partial charge in [0.25, 0.3) is 5.91 Å². The van der Waals surface area contributed by atoms with E-state index in [1.165, 1.54) is 0 Å². The number of hydrogen-bond donors (Lipinski definition) is 2.